The van der Waals surface area contributed by atoms with Crippen LogP contribution in [0.2, 0.25) is 0 Å². The monoisotopic (exact) mass is 1600 g/mol. The van der Waals surface area contributed by atoms with Crippen LogP contribution in [0.4, 0.5) is 10.5 Å². The second kappa shape index (κ2) is 46.0. The number of carbonyl (C=O) groups is 6. The summed E-state index contributed by atoms with van der Waals surface area (Å²) < 4.78 is 97.3. The van der Waals surface area contributed by atoms with Gasteiger partial charge in [0.15, 0.2) is 22.5 Å². The Balaban J connectivity index is 0.553. The van der Waals surface area contributed by atoms with Crippen LogP contribution < -0.4 is 16.6 Å². The van der Waals surface area contributed by atoms with Crippen LogP contribution in [-0.2, 0) is 131 Å². The molecular formula is C80H104N10O21S2. The van der Waals surface area contributed by atoms with Crippen molar-refractivity contribution in [2.75, 3.05) is 150 Å². The maximum atomic E-state index is 14.4. The molecule has 9 rings (SSSR count). The van der Waals surface area contributed by atoms with Crippen LogP contribution in [0.3, 0.4) is 0 Å². The Hall–Kier alpha value is -8.68. The third-order valence-corrected chi connectivity index (χ3v) is 20.9. The predicted octanol–water partition coefficient (Wildman–Crippen LogP) is 8.08. The van der Waals surface area contributed by atoms with Crippen molar-refractivity contribution in [1.82, 2.24) is 38.8 Å². The van der Waals surface area contributed by atoms with Crippen molar-refractivity contribution in [2.45, 2.75) is 128 Å². The molecule has 2 aliphatic heterocycles. The first kappa shape index (κ1) is 88.3. The number of anilines is 1. The zero-order valence-electron chi connectivity index (χ0n) is 65.0. The number of unbranched alkanes of at least 4 members (excludes halogenated alkanes) is 1. The molecule has 612 valence electrons. The molecule has 0 spiro atoms. The van der Waals surface area contributed by atoms with Gasteiger partial charge in [-0.15, -0.1) is 5.10 Å². The highest BCUT2D eigenvalue weighted by molar-refractivity contribution is 7.98. The number of benzene rings is 3. The molecule has 2 atom stereocenters. The molecule has 33 heteroatoms. The zero-order chi connectivity index (χ0) is 80.4. The van der Waals surface area contributed by atoms with Gasteiger partial charge >= 0.3 is 12.1 Å². The minimum Gasteiger partial charge on any atom is -0.457 e. The van der Waals surface area contributed by atoms with Gasteiger partial charge in [0.2, 0.25) is 21.5 Å². The van der Waals surface area contributed by atoms with E-state index in [2.05, 4.69) is 25.6 Å². The van der Waals surface area contributed by atoms with E-state index in [-0.39, 0.29) is 93.3 Å². The van der Waals surface area contributed by atoms with Gasteiger partial charge in [0.1, 0.15) is 26.4 Å². The molecule has 0 aliphatic carbocycles. The van der Waals surface area contributed by atoms with Crippen LogP contribution in [0.25, 0.3) is 33.4 Å². The van der Waals surface area contributed by atoms with Gasteiger partial charge in [-0.1, -0.05) is 84.9 Å². The average molecular weight is 1610 g/mol. The average Bonchev–Trinajstić information content (AvgIpc) is 1.63. The standard InChI is InChI=1S/C80H104N10O21S2/c1-6-80(70-47-72-74-68(51-89(72)76(95)69(70)55-109-77(80)96)66(67-14-7-8-15-71(67)85-74)26-28-90(56(2)3)113(5,98)99)111-79(97)110-52-57-16-22-62(23-17-57)84-75(94)60(12-9-10-27-81)46-65(92)54-108-53-64(91)13-11-30-100-32-34-102-36-38-104-40-42-106-44-45-107-43-41-105-39-37-103-35-33-101-31-29-88-50-63(86-87-88)24-25-73(93)59-20-18-58(19-21-59)61-48-82-78(112-4)83-49-61/h7-8,14-23,47-50,56,60H,6,9-13,24-46,51-55,81H2,1-5H3,(H,84,94)/t60-,80+/m1/s1. The molecule has 0 saturated carbocycles. The van der Waals surface area contributed by atoms with Crippen LogP contribution in [0, 0.1) is 5.92 Å². The fourth-order valence-electron chi connectivity index (χ4n) is 12.9. The number of cyclic esters (lactones) is 1. The molecule has 0 unspecified atom stereocenters. The summed E-state index contributed by atoms with van der Waals surface area (Å²) in [4.78, 5) is 108. The number of hydrogen-bond acceptors (Lipinski definition) is 28. The molecule has 2 aliphatic rings. The van der Waals surface area contributed by atoms with Crippen LogP contribution in [0.15, 0.2) is 107 Å². The Labute approximate surface area is 662 Å². The summed E-state index contributed by atoms with van der Waals surface area (Å²) in [6.07, 6.45) is 10.5. The number of amides is 1. The highest BCUT2D eigenvalue weighted by Gasteiger charge is 2.51. The Bertz CT molecular complexity index is 4420. The van der Waals surface area contributed by atoms with Gasteiger partial charge < -0.3 is 72.5 Å². The lowest BCUT2D eigenvalue weighted by molar-refractivity contribution is -0.175. The number of esters is 1. The maximum Gasteiger partial charge on any atom is 0.510 e. The van der Waals surface area contributed by atoms with E-state index in [1.807, 2.05) is 74.8 Å². The molecular weight excluding hydrogens is 1500 g/mol. The van der Waals surface area contributed by atoms with Crippen molar-refractivity contribution in [3.63, 3.8) is 0 Å². The number of ketones is 3. The summed E-state index contributed by atoms with van der Waals surface area (Å²) in [6, 6.07) is 22.7. The number of pyridine rings is 2. The van der Waals surface area contributed by atoms with Gasteiger partial charge in [-0.05, 0) is 99.7 Å². The number of fused-ring (bicyclic) bond motifs is 5. The molecule has 113 heavy (non-hydrogen) atoms. The highest BCUT2D eigenvalue weighted by Crippen LogP contribution is 2.43. The number of carbonyl (C=O) groups excluding carboxylic acids is 6. The van der Waals surface area contributed by atoms with Gasteiger partial charge in [-0.2, -0.15) is 4.31 Å². The number of aromatic nitrogens is 7. The minimum atomic E-state index is -3.54. The van der Waals surface area contributed by atoms with Crippen LogP contribution in [-0.4, -0.2) is 233 Å². The van der Waals surface area contributed by atoms with Crippen molar-refractivity contribution >= 4 is 73.8 Å². The molecule has 31 nitrogen and oxygen atoms in total. The molecule has 0 bridgehead atoms. The summed E-state index contributed by atoms with van der Waals surface area (Å²) in [5.41, 5.74) is 10.8. The molecule has 3 aromatic carbocycles. The summed E-state index contributed by atoms with van der Waals surface area (Å²) in [5.74, 6) is -2.49. The van der Waals surface area contributed by atoms with Crippen molar-refractivity contribution in [2.24, 2.45) is 11.7 Å². The fraction of sp³-hybridized carbons (Fsp3) is 0.525. The van der Waals surface area contributed by atoms with Crippen LogP contribution in [0.1, 0.15) is 116 Å². The van der Waals surface area contributed by atoms with E-state index in [1.54, 1.807) is 58.9 Å². The van der Waals surface area contributed by atoms with Gasteiger partial charge in [-0.3, -0.25) is 24.0 Å². The largest absolute Gasteiger partial charge is 0.510 e. The molecule has 0 radical (unpaired) electrons. The third kappa shape index (κ3) is 27.0. The highest BCUT2D eigenvalue weighted by atomic mass is 32.2. The number of hydrogen-bond donors (Lipinski definition) is 2. The summed E-state index contributed by atoms with van der Waals surface area (Å²) in [7, 11) is -3.54. The number of nitrogens with two attached hydrogens (primary N) is 1. The first-order valence-corrected chi connectivity index (χ1v) is 41.3. The van der Waals surface area contributed by atoms with Crippen LogP contribution in [0.5, 0.6) is 0 Å². The van der Waals surface area contributed by atoms with E-state index >= 15 is 0 Å². The molecule has 1 amide bonds. The summed E-state index contributed by atoms with van der Waals surface area (Å²) in [6.45, 7) is 11.7. The van der Waals surface area contributed by atoms with Gasteiger partial charge in [0.05, 0.1) is 147 Å². The van der Waals surface area contributed by atoms with Crippen molar-refractivity contribution in [1.29, 1.82) is 0 Å². The minimum absolute atomic E-state index is 0.0340. The Morgan fingerprint density at radius 1 is 0.717 bits per heavy atom. The predicted molar refractivity (Wildman–Crippen MR) is 419 cm³/mol. The van der Waals surface area contributed by atoms with E-state index in [0.717, 1.165) is 33.3 Å². The number of ether oxygens (including phenoxy) is 12. The van der Waals surface area contributed by atoms with E-state index < -0.39 is 45.1 Å². The third-order valence-electron chi connectivity index (χ3n) is 18.8. The number of thioether (sulfide) groups is 1. The van der Waals surface area contributed by atoms with E-state index in [1.165, 1.54) is 22.3 Å². The van der Waals surface area contributed by atoms with Gasteiger partial charge in [-0.25, -0.2) is 37.6 Å². The fourth-order valence-corrected chi connectivity index (χ4v) is 14.4. The topological polar surface area (TPSA) is 380 Å². The molecule has 7 aromatic rings. The summed E-state index contributed by atoms with van der Waals surface area (Å²) in [5, 5.41) is 12.7. The summed E-state index contributed by atoms with van der Waals surface area (Å²) >= 11 is 1.48. The lowest BCUT2D eigenvalue weighted by Gasteiger charge is -2.35. The van der Waals surface area contributed by atoms with E-state index in [0.29, 0.717) is 203 Å². The normalized spacial score (nSPS) is 14.1. The Morgan fingerprint density at radius 3 is 1.95 bits per heavy atom. The Morgan fingerprint density at radius 2 is 1.34 bits per heavy atom. The number of nitrogens with one attached hydrogen (secondary N) is 1. The number of rotatable bonds is 55. The van der Waals surface area contributed by atoms with E-state index in [4.69, 9.17) is 67.6 Å². The number of aryl methyl sites for hydroxylation is 1. The quantitative estimate of drug-likeness (QED) is 0.0119. The zero-order valence-corrected chi connectivity index (χ0v) is 66.6. The number of nitrogens with zero attached hydrogens (tertiary/aromatic N) is 8. The van der Waals surface area contributed by atoms with Crippen molar-refractivity contribution in [3.8, 4) is 22.5 Å². The molecule has 0 fully saturated rings. The number of para-hydroxylation sites is 1. The SMILES string of the molecule is CC[C@@]1(OC(=O)OCc2ccc(NC(=O)[C@H](CCCCN)CC(=O)COCC(=O)CCCOCCOCCOCCOCCOCCOCCOCCOCCn3cc(CCC(=O)c4ccc(-c5cnc(SC)nc5)cc4)nn3)cc2)C(=O)OCc2c1cc1n(c2=O)Cc2c-1nc1ccccc1c2CCN(C(C)C)S(C)(=O)=O. The Kier molecular flexibility index (Phi) is 35.9. The van der Waals surface area contributed by atoms with Gasteiger partial charge in [0.25, 0.3) is 5.56 Å². The second-order valence-corrected chi connectivity index (χ2v) is 29.9. The number of Topliss-reactive ketones (excluding diaryl/α,β-unsaturated/α-hetero) is 3. The molecule has 0 saturated heterocycles. The number of sulfonamides is 1. The molecule has 6 heterocycles. The van der Waals surface area contributed by atoms with Crippen molar-refractivity contribution in [3.05, 3.63) is 147 Å². The lowest BCUT2D eigenvalue weighted by atomic mass is 9.85. The van der Waals surface area contributed by atoms with E-state index in [9.17, 15) is 42.0 Å². The van der Waals surface area contributed by atoms with Crippen LogP contribution >= 0.6 is 11.8 Å². The first-order valence-electron chi connectivity index (χ1n) is 38.2. The molecule has 4 aromatic heterocycles. The first-order chi connectivity index (χ1) is 54.8. The second-order valence-electron chi connectivity index (χ2n) is 27.2. The maximum absolute atomic E-state index is 14.4. The molecule has 3 N–H and O–H groups in total. The lowest BCUT2D eigenvalue weighted by Crippen LogP contribution is -2.47. The smallest absolute Gasteiger partial charge is 0.457 e. The van der Waals surface area contributed by atoms with Gasteiger partial charge in [0, 0.05) is 103 Å². The van der Waals surface area contributed by atoms with Crippen molar-refractivity contribution < 1.29 is 94.0 Å².